The fourth-order valence-corrected chi connectivity index (χ4v) is 5.58. The van der Waals surface area contributed by atoms with Gasteiger partial charge < -0.3 is 14.6 Å². The molecule has 2 bridgehead atoms. The Bertz CT molecular complexity index is 597. The number of cyclic esters (lactones) is 1. The van der Waals surface area contributed by atoms with Crippen molar-refractivity contribution in [3.05, 3.63) is 12.2 Å². The predicted octanol–water partition coefficient (Wildman–Crippen LogP) is 0.747. The van der Waals surface area contributed by atoms with Gasteiger partial charge >= 0.3 is 5.97 Å². The van der Waals surface area contributed by atoms with Crippen molar-refractivity contribution in [1.82, 2.24) is 0 Å². The Morgan fingerprint density at radius 2 is 2.19 bits per heavy atom. The molecule has 5 fully saturated rings. The van der Waals surface area contributed by atoms with Gasteiger partial charge in [0.05, 0.1) is 17.6 Å². The number of hydrogen-bond acceptors (Lipinski definition) is 5. The molecule has 2 unspecified atom stereocenters. The van der Waals surface area contributed by atoms with Gasteiger partial charge in [0.2, 0.25) is 0 Å². The summed E-state index contributed by atoms with van der Waals surface area (Å²) in [5, 5.41) is 11.2. The number of epoxide rings is 1. The summed E-state index contributed by atoms with van der Waals surface area (Å²) in [5.74, 6) is -0.541. The van der Waals surface area contributed by atoms with Gasteiger partial charge in [-0.1, -0.05) is 12.2 Å². The third-order valence-electron chi connectivity index (χ3n) is 6.73. The van der Waals surface area contributed by atoms with Crippen LogP contribution in [0.1, 0.15) is 32.1 Å². The summed E-state index contributed by atoms with van der Waals surface area (Å²) in [6, 6.07) is 0. The van der Waals surface area contributed by atoms with E-state index in [1.54, 1.807) is 0 Å². The molecule has 2 spiro atoms. The first-order valence-electron chi connectivity index (χ1n) is 7.78. The molecule has 4 aliphatic carbocycles. The van der Waals surface area contributed by atoms with Crippen LogP contribution in [0.25, 0.3) is 0 Å². The van der Waals surface area contributed by atoms with Crippen molar-refractivity contribution in [2.24, 2.45) is 16.7 Å². The molecule has 2 aliphatic heterocycles. The van der Waals surface area contributed by atoms with Crippen molar-refractivity contribution in [3.8, 4) is 0 Å². The summed E-state index contributed by atoms with van der Waals surface area (Å²) in [5.41, 5.74) is -2.79. The van der Waals surface area contributed by atoms with Crippen LogP contribution in [0.15, 0.2) is 12.2 Å². The number of carbonyl (C=O) groups is 2. The number of esters is 1. The van der Waals surface area contributed by atoms with E-state index in [0.29, 0.717) is 6.42 Å². The summed E-state index contributed by atoms with van der Waals surface area (Å²) in [6.45, 7) is 0.226. The first-order chi connectivity index (χ1) is 10.0. The van der Waals surface area contributed by atoms with Gasteiger partial charge in [-0.05, 0) is 25.7 Å². The van der Waals surface area contributed by atoms with Crippen LogP contribution in [0, 0.1) is 16.7 Å². The Labute approximate surface area is 122 Å². The second kappa shape index (κ2) is 3.41. The highest BCUT2D eigenvalue weighted by atomic mass is 16.6. The van der Waals surface area contributed by atoms with Gasteiger partial charge in [0.25, 0.3) is 0 Å². The lowest BCUT2D eigenvalue weighted by atomic mass is 9.41. The lowest BCUT2D eigenvalue weighted by Crippen LogP contribution is -2.74. The van der Waals surface area contributed by atoms with Crippen molar-refractivity contribution in [2.45, 2.75) is 49.9 Å². The van der Waals surface area contributed by atoms with Crippen molar-refractivity contribution in [3.63, 3.8) is 0 Å². The number of carbonyl (C=O) groups excluding carboxylic acids is 2. The molecule has 2 saturated heterocycles. The topological polar surface area (TPSA) is 76.1 Å². The van der Waals surface area contributed by atoms with E-state index in [-0.39, 0.29) is 43.4 Å². The fraction of sp³-hybridized carbons (Fsp3) is 0.750. The normalized spacial score (nSPS) is 56.9. The summed E-state index contributed by atoms with van der Waals surface area (Å²) in [7, 11) is 0. The minimum atomic E-state index is -1.53. The molecule has 0 aromatic heterocycles. The highest BCUT2D eigenvalue weighted by molar-refractivity contribution is 5.91. The molecule has 6 atom stereocenters. The third kappa shape index (κ3) is 1.15. The molecule has 0 amide bonds. The lowest BCUT2D eigenvalue weighted by molar-refractivity contribution is -0.256. The number of fused-ring (bicyclic) bond motifs is 4. The van der Waals surface area contributed by atoms with Crippen LogP contribution in [0.2, 0.25) is 0 Å². The SMILES string of the molecule is O=C1CC23CCC1C[C@]2(O)C(=O)OC[C@]31C=CC[C@H]2O[C@H]21. The Kier molecular flexibility index (Phi) is 2.01. The van der Waals surface area contributed by atoms with Crippen molar-refractivity contribution >= 4 is 11.8 Å². The highest BCUT2D eigenvalue weighted by Gasteiger charge is 2.78. The summed E-state index contributed by atoms with van der Waals surface area (Å²) < 4.78 is 11.2. The summed E-state index contributed by atoms with van der Waals surface area (Å²) in [4.78, 5) is 24.7. The van der Waals surface area contributed by atoms with E-state index in [0.717, 1.165) is 12.8 Å². The predicted molar refractivity (Wildman–Crippen MR) is 70.2 cm³/mol. The van der Waals surface area contributed by atoms with Crippen molar-refractivity contribution < 1.29 is 24.2 Å². The van der Waals surface area contributed by atoms with Gasteiger partial charge in [-0.15, -0.1) is 0 Å². The maximum atomic E-state index is 12.4. The average Bonchev–Trinajstić information content (AvgIpc) is 3.25. The summed E-state index contributed by atoms with van der Waals surface area (Å²) in [6.07, 6.45) is 7.09. The minimum Gasteiger partial charge on any atom is -0.462 e. The van der Waals surface area contributed by atoms with Crippen molar-refractivity contribution in [2.75, 3.05) is 6.61 Å². The molecule has 3 saturated carbocycles. The Hall–Kier alpha value is -1.20. The van der Waals surface area contributed by atoms with E-state index < -0.39 is 22.4 Å². The molecule has 0 aromatic carbocycles. The van der Waals surface area contributed by atoms with E-state index in [9.17, 15) is 14.7 Å². The maximum Gasteiger partial charge on any atom is 0.338 e. The van der Waals surface area contributed by atoms with E-state index in [1.165, 1.54) is 0 Å². The molecule has 0 aromatic rings. The smallest absolute Gasteiger partial charge is 0.338 e. The van der Waals surface area contributed by atoms with Crippen LogP contribution < -0.4 is 0 Å². The number of hydrogen-bond donors (Lipinski definition) is 1. The standard InChI is InChI=1S/C16H18O5/c17-10-7-15-5-3-9(10)6-16(15,19)13(18)20-8-14(15)4-1-2-11-12(14)21-11/h1,4,9,11-12,19H,2-3,5-8H2/t9?,11-,12-,14+,15?,16+/m1/s1. The zero-order valence-corrected chi connectivity index (χ0v) is 11.7. The molecule has 5 heteroatoms. The second-order valence-corrected chi connectivity index (χ2v) is 7.37. The van der Waals surface area contributed by atoms with E-state index in [1.807, 2.05) is 0 Å². The van der Waals surface area contributed by atoms with E-state index in [2.05, 4.69) is 12.2 Å². The molecule has 6 aliphatic rings. The quantitative estimate of drug-likeness (QED) is 0.405. The van der Waals surface area contributed by atoms with Gasteiger partial charge in [-0.2, -0.15) is 0 Å². The fourth-order valence-electron chi connectivity index (χ4n) is 5.58. The zero-order valence-electron chi connectivity index (χ0n) is 11.7. The zero-order chi connectivity index (χ0) is 14.5. The molecular formula is C16H18O5. The minimum absolute atomic E-state index is 0.0235. The van der Waals surface area contributed by atoms with E-state index in [4.69, 9.17) is 9.47 Å². The molecule has 21 heavy (non-hydrogen) atoms. The number of aliphatic hydroxyl groups is 1. The van der Waals surface area contributed by atoms with E-state index >= 15 is 0 Å². The Morgan fingerprint density at radius 1 is 1.33 bits per heavy atom. The monoisotopic (exact) mass is 290 g/mol. The maximum absolute atomic E-state index is 12.4. The largest absolute Gasteiger partial charge is 0.462 e. The highest BCUT2D eigenvalue weighted by Crippen LogP contribution is 2.69. The molecule has 5 nitrogen and oxygen atoms in total. The molecular weight excluding hydrogens is 272 g/mol. The first-order valence-corrected chi connectivity index (χ1v) is 7.78. The lowest BCUT2D eigenvalue weighted by Gasteiger charge is -2.64. The van der Waals surface area contributed by atoms with Gasteiger partial charge in [-0.25, -0.2) is 4.79 Å². The van der Waals surface area contributed by atoms with Gasteiger partial charge in [-0.3, -0.25) is 4.79 Å². The van der Waals surface area contributed by atoms with Crippen LogP contribution in [0.5, 0.6) is 0 Å². The number of ketones is 1. The van der Waals surface area contributed by atoms with Gasteiger partial charge in [0.15, 0.2) is 5.60 Å². The molecule has 0 radical (unpaired) electrons. The molecule has 6 rings (SSSR count). The average molecular weight is 290 g/mol. The molecule has 2 heterocycles. The Morgan fingerprint density at radius 3 is 3.00 bits per heavy atom. The molecule has 1 N–H and O–H groups in total. The van der Waals surface area contributed by atoms with Gasteiger partial charge in [0.1, 0.15) is 12.4 Å². The van der Waals surface area contributed by atoms with Crippen LogP contribution in [0.3, 0.4) is 0 Å². The first kappa shape index (κ1) is 12.4. The number of ether oxygens (including phenoxy) is 2. The summed E-state index contributed by atoms with van der Waals surface area (Å²) >= 11 is 0. The van der Waals surface area contributed by atoms with Crippen LogP contribution in [-0.2, 0) is 19.1 Å². The number of rotatable bonds is 0. The van der Waals surface area contributed by atoms with Gasteiger partial charge in [0, 0.05) is 17.8 Å². The molecule has 112 valence electrons. The second-order valence-electron chi connectivity index (χ2n) is 7.37. The van der Waals surface area contributed by atoms with Crippen molar-refractivity contribution in [1.29, 1.82) is 0 Å². The third-order valence-corrected chi connectivity index (χ3v) is 6.73. The van der Waals surface area contributed by atoms with Crippen LogP contribution in [-0.4, -0.2) is 41.3 Å². The van der Waals surface area contributed by atoms with Crippen LogP contribution in [0.4, 0.5) is 0 Å². The Balaban J connectivity index is 1.74. The van der Waals surface area contributed by atoms with Crippen LogP contribution >= 0.6 is 0 Å². The number of Topliss-reactive ketones (excluding diaryl/α,β-unsaturated/α-hetero) is 1.